The molecule has 1 aromatic carbocycles. The van der Waals surface area contributed by atoms with Crippen LogP contribution in [0.2, 0.25) is 0 Å². The normalized spacial score (nSPS) is 14.1. The molecule has 2 heterocycles. The molecule has 3 rings (SSSR count). The van der Waals surface area contributed by atoms with Gasteiger partial charge in [-0.25, -0.2) is 4.98 Å². The molecule has 2 aromatic rings. The van der Waals surface area contributed by atoms with E-state index in [9.17, 15) is 14.4 Å². The summed E-state index contributed by atoms with van der Waals surface area (Å²) in [5, 5.41) is 3.23. The van der Waals surface area contributed by atoms with E-state index in [0.29, 0.717) is 36.9 Å². The number of carbonyl (C=O) groups excluding carboxylic acids is 3. The highest BCUT2D eigenvalue weighted by molar-refractivity contribution is 8.01. The van der Waals surface area contributed by atoms with Crippen LogP contribution in [0, 0.1) is 6.92 Å². The third-order valence-electron chi connectivity index (χ3n) is 4.44. The molecular weight excluding hydrogens is 396 g/mol. The summed E-state index contributed by atoms with van der Waals surface area (Å²) in [4.78, 5) is 44.3. The van der Waals surface area contributed by atoms with E-state index in [1.54, 1.807) is 22.9 Å². The first-order valence-electron chi connectivity index (χ1n) is 8.90. The number of aromatic nitrogens is 1. The van der Waals surface area contributed by atoms with Crippen LogP contribution in [-0.2, 0) is 9.59 Å². The molecule has 0 atom stereocenters. The lowest BCUT2D eigenvalue weighted by Gasteiger charge is -2.34. The summed E-state index contributed by atoms with van der Waals surface area (Å²) in [5.41, 5.74) is 1.60. The number of nitrogens with zero attached hydrogens (tertiary/aromatic N) is 3. The molecule has 1 aliphatic heterocycles. The van der Waals surface area contributed by atoms with E-state index in [1.807, 2.05) is 25.1 Å². The first kappa shape index (κ1) is 20.3. The van der Waals surface area contributed by atoms with Crippen molar-refractivity contribution in [3.05, 3.63) is 35.5 Å². The largest absolute Gasteiger partial charge is 0.339 e. The molecule has 9 heteroatoms. The molecule has 1 fully saturated rings. The van der Waals surface area contributed by atoms with Crippen LogP contribution in [0.5, 0.6) is 0 Å². The molecule has 3 amide bonds. The fraction of sp³-hybridized carbons (Fsp3) is 0.368. The minimum atomic E-state index is -0.154. The van der Waals surface area contributed by atoms with Gasteiger partial charge in [-0.1, -0.05) is 29.2 Å². The van der Waals surface area contributed by atoms with Crippen LogP contribution in [0.3, 0.4) is 0 Å². The fourth-order valence-corrected chi connectivity index (χ4v) is 4.86. The van der Waals surface area contributed by atoms with E-state index in [2.05, 4.69) is 10.3 Å². The van der Waals surface area contributed by atoms with E-state index < -0.39 is 0 Å². The minimum Gasteiger partial charge on any atom is -0.339 e. The molecule has 0 saturated carbocycles. The zero-order valence-corrected chi connectivity index (χ0v) is 17.7. The lowest BCUT2D eigenvalue weighted by Crippen LogP contribution is -2.50. The number of carbonyl (C=O) groups is 3. The predicted molar refractivity (Wildman–Crippen MR) is 110 cm³/mol. The van der Waals surface area contributed by atoms with Gasteiger partial charge in [-0.2, -0.15) is 0 Å². The maximum Gasteiger partial charge on any atom is 0.254 e. The fourth-order valence-electron chi connectivity index (χ4n) is 2.92. The Balaban J connectivity index is 1.71. The van der Waals surface area contributed by atoms with Crippen LogP contribution < -0.4 is 5.32 Å². The van der Waals surface area contributed by atoms with E-state index in [0.717, 1.165) is 14.7 Å². The standard InChI is InChI=1S/C19H22N4O3S2/c1-12-4-5-15(27-17-11-20-19(28-17)21-13(2)24)10-16(12)18(26)23-8-6-22(7-9-23)14(3)25/h4-5,10-11H,6-9H2,1-3H3,(H,20,21,24). The van der Waals surface area contributed by atoms with Crippen molar-refractivity contribution in [3.63, 3.8) is 0 Å². The van der Waals surface area contributed by atoms with E-state index in [-0.39, 0.29) is 17.7 Å². The molecule has 0 spiro atoms. The van der Waals surface area contributed by atoms with Gasteiger partial charge in [0.25, 0.3) is 5.91 Å². The molecule has 0 radical (unpaired) electrons. The van der Waals surface area contributed by atoms with Crippen LogP contribution in [0.25, 0.3) is 0 Å². The van der Waals surface area contributed by atoms with Gasteiger partial charge in [0.2, 0.25) is 11.8 Å². The molecule has 1 N–H and O–H groups in total. The summed E-state index contributed by atoms with van der Waals surface area (Å²) in [6, 6.07) is 5.82. The van der Waals surface area contributed by atoms with Crippen molar-refractivity contribution in [2.45, 2.75) is 29.9 Å². The first-order chi connectivity index (χ1) is 13.3. The van der Waals surface area contributed by atoms with Crippen LogP contribution in [0.15, 0.2) is 33.5 Å². The van der Waals surface area contributed by atoms with Crippen LogP contribution in [0.1, 0.15) is 29.8 Å². The molecule has 0 aliphatic carbocycles. The predicted octanol–water partition coefficient (Wildman–Crippen LogP) is 2.87. The number of anilines is 1. The summed E-state index contributed by atoms with van der Waals surface area (Å²) in [7, 11) is 0. The van der Waals surface area contributed by atoms with Gasteiger partial charge in [0.05, 0.1) is 10.4 Å². The number of thiazole rings is 1. The summed E-state index contributed by atoms with van der Waals surface area (Å²) in [6.07, 6.45) is 1.71. The van der Waals surface area contributed by atoms with Gasteiger partial charge in [-0.15, -0.1) is 0 Å². The second-order valence-corrected chi connectivity index (χ2v) is 8.95. The van der Waals surface area contributed by atoms with Gasteiger partial charge >= 0.3 is 0 Å². The number of amides is 3. The van der Waals surface area contributed by atoms with E-state index in [1.165, 1.54) is 30.0 Å². The first-order valence-corrected chi connectivity index (χ1v) is 10.5. The number of piperazine rings is 1. The summed E-state index contributed by atoms with van der Waals surface area (Å²) >= 11 is 2.90. The number of aryl methyl sites for hydroxylation is 1. The molecule has 0 bridgehead atoms. The zero-order chi connectivity index (χ0) is 20.3. The quantitative estimate of drug-likeness (QED) is 0.826. The highest BCUT2D eigenvalue weighted by Gasteiger charge is 2.24. The van der Waals surface area contributed by atoms with Gasteiger partial charge in [0, 0.05) is 50.5 Å². The topological polar surface area (TPSA) is 82.6 Å². The highest BCUT2D eigenvalue weighted by atomic mass is 32.2. The lowest BCUT2D eigenvalue weighted by atomic mass is 10.1. The van der Waals surface area contributed by atoms with E-state index >= 15 is 0 Å². The third-order valence-corrected chi connectivity index (χ3v) is 6.44. The Morgan fingerprint density at radius 1 is 1.11 bits per heavy atom. The highest BCUT2D eigenvalue weighted by Crippen LogP contribution is 2.35. The molecule has 148 valence electrons. The molecule has 28 heavy (non-hydrogen) atoms. The molecule has 1 saturated heterocycles. The van der Waals surface area contributed by atoms with E-state index in [4.69, 9.17) is 0 Å². The summed E-state index contributed by atoms with van der Waals surface area (Å²) in [5.74, 6) is -0.116. The van der Waals surface area contributed by atoms with Crippen LogP contribution in [0.4, 0.5) is 5.13 Å². The zero-order valence-electron chi connectivity index (χ0n) is 16.0. The Morgan fingerprint density at radius 3 is 2.43 bits per heavy atom. The average Bonchev–Trinajstić information content (AvgIpc) is 3.09. The van der Waals surface area contributed by atoms with Crippen molar-refractivity contribution in [3.8, 4) is 0 Å². The summed E-state index contributed by atoms with van der Waals surface area (Å²) < 4.78 is 0.932. The average molecular weight is 419 g/mol. The third kappa shape index (κ3) is 4.90. The molecule has 1 aromatic heterocycles. The number of benzene rings is 1. The number of hydrogen-bond donors (Lipinski definition) is 1. The van der Waals surface area contributed by atoms with Gasteiger partial charge in [-0.3, -0.25) is 14.4 Å². The van der Waals surface area contributed by atoms with Gasteiger partial charge in [-0.05, 0) is 24.6 Å². The number of nitrogens with one attached hydrogen (secondary N) is 1. The van der Waals surface area contributed by atoms with Crippen molar-refractivity contribution >= 4 is 46.0 Å². The van der Waals surface area contributed by atoms with Crippen molar-refractivity contribution in [2.24, 2.45) is 0 Å². The Labute approximate surface area is 172 Å². The maximum absolute atomic E-state index is 13.0. The van der Waals surface area contributed by atoms with Crippen molar-refractivity contribution in [2.75, 3.05) is 31.5 Å². The minimum absolute atomic E-state index is 0.00797. The molecule has 1 aliphatic rings. The lowest BCUT2D eigenvalue weighted by molar-refractivity contribution is -0.130. The van der Waals surface area contributed by atoms with Gasteiger partial charge < -0.3 is 15.1 Å². The Bertz CT molecular complexity index is 904. The van der Waals surface area contributed by atoms with Crippen LogP contribution >= 0.6 is 23.1 Å². The van der Waals surface area contributed by atoms with Gasteiger partial charge in [0.1, 0.15) is 0 Å². The second-order valence-electron chi connectivity index (χ2n) is 6.54. The number of rotatable bonds is 4. The van der Waals surface area contributed by atoms with Crippen molar-refractivity contribution in [1.82, 2.24) is 14.8 Å². The molecular formula is C19H22N4O3S2. The van der Waals surface area contributed by atoms with Gasteiger partial charge in [0.15, 0.2) is 5.13 Å². The Hall–Kier alpha value is -2.39. The molecule has 0 unspecified atom stereocenters. The van der Waals surface area contributed by atoms with Crippen molar-refractivity contribution in [1.29, 1.82) is 0 Å². The van der Waals surface area contributed by atoms with Crippen molar-refractivity contribution < 1.29 is 14.4 Å². The smallest absolute Gasteiger partial charge is 0.254 e. The summed E-state index contributed by atoms with van der Waals surface area (Å²) in [6.45, 7) is 7.16. The second kappa shape index (κ2) is 8.74. The number of hydrogen-bond acceptors (Lipinski definition) is 6. The van der Waals surface area contributed by atoms with Crippen LogP contribution in [-0.4, -0.2) is 58.7 Å². The molecule has 7 nitrogen and oxygen atoms in total. The SMILES string of the molecule is CC(=O)Nc1ncc(Sc2ccc(C)c(C(=O)N3CCN(C(C)=O)CC3)c2)s1. The monoisotopic (exact) mass is 418 g/mol. The maximum atomic E-state index is 13.0. The Morgan fingerprint density at radius 2 is 1.79 bits per heavy atom. The Kier molecular flexibility index (Phi) is 6.35.